The first kappa shape index (κ1) is 14.8. The van der Waals surface area contributed by atoms with E-state index in [1.165, 1.54) is 4.88 Å². The van der Waals surface area contributed by atoms with Crippen LogP contribution < -0.4 is 0 Å². The van der Waals surface area contributed by atoms with Crippen LogP contribution in [0.4, 0.5) is 0 Å². The molecule has 1 saturated heterocycles. The van der Waals surface area contributed by atoms with E-state index >= 15 is 0 Å². The minimum absolute atomic E-state index is 0.955. The summed E-state index contributed by atoms with van der Waals surface area (Å²) in [6, 6.07) is 8.64. The molecule has 21 heavy (non-hydrogen) atoms. The maximum absolute atomic E-state index is 5.89. The number of hydrogen-bond donors (Lipinski definition) is 0. The van der Waals surface area contributed by atoms with Crippen molar-refractivity contribution in [2.24, 2.45) is 0 Å². The molecule has 2 aromatic rings. The van der Waals surface area contributed by atoms with Gasteiger partial charge in [-0.15, -0.1) is 11.3 Å². The third-order valence-electron chi connectivity index (χ3n) is 4.02. The summed E-state index contributed by atoms with van der Waals surface area (Å²) < 4.78 is 5.89. The first-order chi connectivity index (χ1) is 10.3. The Labute approximate surface area is 131 Å². The molecule has 0 aliphatic carbocycles. The average molecular weight is 304 g/mol. The van der Waals surface area contributed by atoms with E-state index in [-0.39, 0.29) is 0 Å². The van der Waals surface area contributed by atoms with Gasteiger partial charge in [0.15, 0.2) is 0 Å². The molecular weight excluding hydrogens is 280 g/mol. The van der Waals surface area contributed by atoms with E-state index in [2.05, 4.69) is 46.4 Å². The van der Waals surface area contributed by atoms with E-state index in [4.69, 9.17) is 4.42 Å². The molecule has 0 aromatic carbocycles. The van der Waals surface area contributed by atoms with E-state index in [0.29, 0.717) is 0 Å². The molecule has 3 nitrogen and oxygen atoms in total. The van der Waals surface area contributed by atoms with Gasteiger partial charge in [0, 0.05) is 44.0 Å². The zero-order valence-corrected chi connectivity index (χ0v) is 13.6. The summed E-state index contributed by atoms with van der Waals surface area (Å²) >= 11 is 1.86. The van der Waals surface area contributed by atoms with Crippen molar-refractivity contribution in [3.05, 3.63) is 46.0 Å². The van der Waals surface area contributed by atoms with Crippen molar-refractivity contribution in [3.8, 4) is 0 Å². The zero-order valence-electron chi connectivity index (χ0n) is 12.8. The maximum Gasteiger partial charge on any atom is 0.118 e. The number of hydrogen-bond acceptors (Lipinski definition) is 4. The number of aryl methyl sites for hydroxylation is 1. The number of nitrogens with zero attached hydrogens (tertiary/aromatic N) is 2. The van der Waals surface area contributed by atoms with Crippen molar-refractivity contribution in [2.45, 2.75) is 32.9 Å². The zero-order chi connectivity index (χ0) is 14.5. The van der Waals surface area contributed by atoms with Crippen LogP contribution in [0.5, 0.6) is 0 Å². The van der Waals surface area contributed by atoms with Gasteiger partial charge in [-0.3, -0.25) is 9.80 Å². The normalized spacial score (nSPS) is 17.4. The lowest BCUT2D eigenvalue weighted by molar-refractivity contribution is 0.116. The molecular formula is C17H24N2OS. The highest BCUT2D eigenvalue weighted by molar-refractivity contribution is 7.09. The summed E-state index contributed by atoms with van der Waals surface area (Å²) in [5.74, 6) is 2.24. The van der Waals surface area contributed by atoms with Gasteiger partial charge in [-0.05, 0) is 30.0 Å². The molecule has 1 fully saturated rings. The first-order valence-corrected chi connectivity index (χ1v) is 8.76. The van der Waals surface area contributed by atoms with Gasteiger partial charge in [-0.2, -0.15) is 0 Å². The summed E-state index contributed by atoms with van der Waals surface area (Å²) in [5.41, 5.74) is 0. The Morgan fingerprint density at radius 3 is 2.38 bits per heavy atom. The highest BCUT2D eigenvalue weighted by atomic mass is 32.1. The lowest BCUT2D eigenvalue weighted by Crippen LogP contribution is -2.45. The molecule has 114 valence electrons. The lowest BCUT2D eigenvalue weighted by atomic mass is 10.2. The maximum atomic E-state index is 5.89. The lowest BCUT2D eigenvalue weighted by Gasteiger charge is -2.33. The third kappa shape index (κ3) is 4.19. The van der Waals surface area contributed by atoms with Crippen molar-refractivity contribution >= 4 is 11.3 Å². The van der Waals surface area contributed by atoms with E-state index in [1.54, 1.807) is 0 Å². The van der Waals surface area contributed by atoms with Gasteiger partial charge in [0.1, 0.15) is 11.5 Å². The van der Waals surface area contributed by atoms with Crippen molar-refractivity contribution in [1.29, 1.82) is 0 Å². The summed E-state index contributed by atoms with van der Waals surface area (Å²) in [5, 5.41) is 2.16. The standard InChI is InChI=1S/C17H24N2OS/c1-2-4-15-6-7-16(20-15)13-18-8-10-19(11-9-18)14-17-5-3-12-21-17/h3,5-7,12H,2,4,8-11,13-14H2,1H3. The third-order valence-corrected chi connectivity index (χ3v) is 4.88. The predicted octanol–water partition coefficient (Wildman–Crippen LogP) is 3.61. The smallest absolute Gasteiger partial charge is 0.118 e. The fourth-order valence-electron chi connectivity index (χ4n) is 2.84. The molecule has 3 rings (SSSR count). The molecule has 0 radical (unpaired) electrons. The van der Waals surface area contributed by atoms with Gasteiger partial charge in [-0.1, -0.05) is 13.0 Å². The Kier molecular flexibility index (Phi) is 5.12. The summed E-state index contributed by atoms with van der Waals surface area (Å²) in [7, 11) is 0. The van der Waals surface area contributed by atoms with E-state index < -0.39 is 0 Å². The predicted molar refractivity (Wildman–Crippen MR) is 87.6 cm³/mol. The molecule has 0 N–H and O–H groups in total. The van der Waals surface area contributed by atoms with Crippen LogP contribution >= 0.6 is 11.3 Å². The summed E-state index contributed by atoms with van der Waals surface area (Å²) in [6.45, 7) is 8.82. The van der Waals surface area contributed by atoms with E-state index in [9.17, 15) is 0 Å². The molecule has 0 saturated carbocycles. The van der Waals surface area contributed by atoms with Crippen molar-refractivity contribution in [1.82, 2.24) is 9.80 Å². The van der Waals surface area contributed by atoms with Crippen LogP contribution in [0, 0.1) is 0 Å². The van der Waals surface area contributed by atoms with Crippen molar-refractivity contribution in [3.63, 3.8) is 0 Å². The van der Waals surface area contributed by atoms with E-state index in [0.717, 1.165) is 63.6 Å². The van der Waals surface area contributed by atoms with Crippen molar-refractivity contribution < 1.29 is 4.42 Å². The number of piperazine rings is 1. The molecule has 0 atom stereocenters. The highest BCUT2D eigenvalue weighted by Crippen LogP contribution is 2.16. The topological polar surface area (TPSA) is 19.6 Å². The quantitative estimate of drug-likeness (QED) is 0.813. The van der Waals surface area contributed by atoms with Crippen LogP contribution in [-0.2, 0) is 19.5 Å². The Morgan fingerprint density at radius 1 is 1.00 bits per heavy atom. The molecule has 4 heteroatoms. The second-order valence-corrected chi connectivity index (χ2v) is 6.78. The number of rotatable bonds is 6. The van der Waals surface area contributed by atoms with Crippen LogP contribution in [0.15, 0.2) is 34.1 Å². The molecule has 0 amide bonds. The molecule has 0 unspecified atom stereocenters. The van der Waals surface area contributed by atoms with Gasteiger partial charge in [-0.25, -0.2) is 0 Å². The fraction of sp³-hybridized carbons (Fsp3) is 0.529. The molecule has 1 aliphatic rings. The van der Waals surface area contributed by atoms with Gasteiger partial charge in [0.05, 0.1) is 6.54 Å². The van der Waals surface area contributed by atoms with Gasteiger partial charge < -0.3 is 4.42 Å². The second-order valence-electron chi connectivity index (χ2n) is 5.75. The Morgan fingerprint density at radius 2 is 1.71 bits per heavy atom. The fourth-order valence-corrected chi connectivity index (χ4v) is 3.58. The van der Waals surface area contributed by atoms with Crippen LogP contribution in [0.2, 0.25) is 0 Å². The Bertz CT molecular complexity index is 527. The molecule has 2 aromatic heterocycles. The van der Waals surface area contributed by atoms with E-state index in [1.807, 2.05) is 11.3 Å². The minimum Gasteiger partial charge on any atom is -0.465 e. The average Bonchev–Trinajstić information content (AvgIpc) is 3.14. The van der Waals surface area contributed by atoms with Gasteiger partial charge in [0.2, 0.25) is 0 Å². The van der Waals surface area contributed by atoms with Gasteiger partial charge >= 0.3 is 0 Å². The molecule has 0 spiro atoms. The second kappa shape index (κ2) is 7.25. The summed E-state index contributed by atoms with van der Waals surface area (Å²) in [6.07, 6.45) is 2.20. The monoisotopic (exact) mass is 304 g/mol. The number of thiophene rings is 1. The van der Waals surface area contributed by atoms with Crippen LogP contribution in [-0.4, -0.2) is 36.0 Å². The van der Waals surface area contributed by atoms with Crippen LogP contribution in [0.25, 0.3) is 0 Å². The Balaban J connectivity index is 1.44. The summed E-state index contributed by atoms with van der Waals surface area (Å²) in [4.78, 5) is 6.52. The minimum atomic E-state index is 0.955. The first-order valence-electron chi connectivity index (χ1n) is 7.88. The molecule has 0 bridgehead atoms. The number of furan rings is 1. The van der Waals surface area contributed by atoms with Crippen LogP contribution in [0.1, 0.15) is 29.7 Å². The molecule has 1 aliphatic heterocycles. The molecule has 3 heterocycles. The largest absolute Gasteiger partial charge is 0.465 e. The Hall–Kier alpha value is -1.10. The van der Waals surface area contributed by atoms with Crippen molar-refractivity contribution in [2.75, 3.05) is 26.2 Å². The van der Waals surface area contributed by atoms with Crippen LogP contribution in [0.3, 0.4) is 0 Å². The van der Waals surface area contributed by atoms with Gasteiger partial charge in [0.25, 0.3) is 0 Å². The SMILES string of the molecule is CCCc1ccc(CN2CCN(Cc3cccs3)CC2)o1. The highest BCUT2D eigenvalue weighted by Gasteiger charge is 2.18.